The molecule has 0 aliphatic heterocycles. The molecule has 0 heterocycles. The lowest BCUT2D eigenvalue weighted by Crippen LogP contribution is -2.60. The van der Waals surface area contributed by atoms with Crippen molar-refractivity contribution in [3.8, 4) is 0 Å². The van der Waals surface area contributed by atoms with Crippen molar-refractivity contribution >= 4 is 29.8 Å². The number of ether oxygens (including phenoxy) is 3. The van der Waals surface area contributed by atoms with E-state index in [2.05, 4.69) is 21.3 Å². The minimum absolute atomic E-state index is 0.0463. The number of methoxy groups -OCH3 is 1. The zero-order valence-corrected chi connectivity index (χ0v) is 26.5. The van der Waals surface area contributed by atoms with Crippen molar-refractivity contribution in [2.75, 3.05) is 13.7 Å². The molecule has 4 atom stereocenters. The van der Waals surface area contributed by atoms with Crippen molar-refractivity contribution in [2.45, 2.75) is 77.6 Å². The van der Waals surface area contributed by atoms with Gasteiger partial charge >= 0.3 is 12.1 Å². The van der Waals surface area contributed by atoms with E-state index in [-0.39, 0.29) is 19.6 Å². The fourth-order valence-electron chi connectivity index (χ4n) is 4.06. The minimum Gasteiger partial charge on any atom is -0.478 e. The normalized spacial score (nSPS) is 13.9. The van der Waals surface area contributed by atoms with Gasteiger partial charge in [-0.25, -0.2) is 9.59 Å². The molecule has 2 aromatic carbocycles. The SMILES string of the molecule is COC(NC(=O)[C@@H](NC(=O)[C@H](Cc1ccccc1)NC(=O)[C@H](COCc1ccccc1)NC(=O)OC(C)(C)C)C(C)C)C(=O)O. The molecule has 0 aliphatic rings. The summed E-state index contributed by atoms with van der Waals surface area (Å²) in [6.07, 6.45) is -2.42. The molecule has 13 nitrogen and oxygen atoms in total. The molecule has 0 aliphatic carbocycles. The Labute approximate surface area is 263 Å². The number of hydrogen-bond donors (Lipinski definition) is 5. The summed E-state index contributed by atoms with van der Waals surface area (Å²) in [5, 5.41) is 19.3. The number of carboxylic acid groups (broad SMARTS) is 1. The molecule has 45 heavy (non-hydrogen) atoms. The molecule has 5 N–H and O–H groups in total. The summed E-state index contributed by atoms with van der Waals surface area (Å²) in [6.45, 7) is 8.31. The molecule has 13 heteroatoms. The van der Waals surface area contributed by atoms with Gasteiger partial charge in [-0.15, -0.1) is 0 Å². The van der Waals surface area contributed by atoms with Gasteiger partial charge in [0, 0.05) is 13.5 Å². The van der Waals surface area contributed by atoms with Crippen molar-refractivity contribution in [3.63, 3.8) is 0 Å². The highest BCUT2D eigenvalue weighted by molar-refractivity contribution is 5.94. The van der Waals surface area contributed by atoms with Gasteiger partial charge in [-0.3, -0.25) is 14.4 Å². The molecule has 0 spiro atoms. The molecule has 246 valence electrons. The molecule has 0 saturated carbocycles. The fraction of sp³-hybridized carbons (Fsp3) is 0.469. The lowest BCUT2D eigenvalue weighted by molar-refractivity contribution is -0.154. The maximum atomic E-state index is 13.6. The Hall–Kier alpha value is -4.49. The number of carbonyl (C=O) groups excluding carboxylic acids is 4. The van der Waals surface area contributed by atoms with Crippen LogP contribution in [0.3, 0.4) is 0 Å². The van der Waals surface area contributed by atoms with Crippen LogP contribution in [0.25, 0.3) is 0 Å². The first kappa shape index (κ1) is 36.7. The number of carbonyl (C=O) groups is 5. The highest BCUT2D eigenvalue weighted by Crippen LogP contribution is 2.10. The van der Waals surface area contributed by atoms with Crippen molar-refractivity contribution in [1.82, 2.24) is 21.3 Å². The second-order valence-corrected chi connectivity index (χ2v) is 11.6. The van der Waals surface area contributed by atoms with E-state index in [1.165, 1.54) is 0 Å². The third-order valence-corrected chi connectivity index (χ3v) is 6.30. The van der Waals surface area contributed by atoms with Gasteiger partial charge in [-0.05, 0) is 37.8 Å². The van der Waals surface area contributed by atoms with Crippen molar-refractivity contribution in [1.29, 1.82) is 0 Å². The fourth-order valence-corrected chi connectivity index (χ4v) is 4.06. The van der Waals surface area contributed by atoms with Crippen LogP contribution in [0.5, 0.6) is 0 Å². The van der Waals surface area contributed by atoms with Gasteiger partial charge < -0.3 is 40.6 Å². The lowest BCUT2D eigenvalue weighted by atomic mass is 10.0. The van der Waals surface area contributed by atoms with Crippen LogP contribution in [0.1, 0.15) is 45.7 Å². The Kier molecular flexibility index (Phi) is 14.4. The smallest absolute Gasteiger partial charge is 0.408 e. The van der Waals surface area contributed by atoms with Crippen LogP contribution in [-0.4, -0.2) is 78.6 Å². The Balaban J connectivity index is 2.28. The first-order valence-corrected chi connectivity index (χ1v) is 14.5. The minimum atomic E-state index is -1.62. The van der Waals surface area contributed by atoms with E-state index in [4.69, 9.17) is 14.2 Å². The number of hydrogen-bond acceptors (Lipinski definition) is 8. The molecule has 0 bridgehead atoms. The Morgan fingerprint density at radius 1 is 0.756 bits per heavy atom. The van der Waals surface area contributed by atoms with E-state index in [1.54, 1.807) is 65.0 Å². The predicted molar refractivity (Wildman–Crippen MR) is 165 cm³/mol. The monoisotopic (exact) mass is 628 g/mol. The van der Waals surface area contributed by atoms with Crippen LogP contribution in [0, 0.1) is 5.92 Å². The maximum Gasteiger partial charge on any atom is 0.408 e. The number of nitrogens with one attached hydrogen (secondary N) is 4. The van der Waals surface area contributed by atoms with Gasteiger partial charge in [0.05, 0.1) is 13.2 Å². The zero-order chi connectivity index (χ0) is 33.6. The lowest BCUT2D eigenvalue weighted by Gasteiger charge is -2.28. The molecule has 0 aromatic heterocycles. The first-order valence-electron chi connectivity index (χ1n) is 14.5. The van der Waals surface area contributed by atoms with Crippen LogP contribution >= 0.6 is 0 Å². The molecular formula is C32H44N4O9. The van der Waals surface area contributed by atoms with E-state index in [0.717, 1.165) is 12.7 Å². The van der Waals surface area contributed by atoms with Crippen LogP contribution in [0.4, 0.5) is 4.79 Å². The Bertz CT molecular complexity index is 1270. The second kappa shape index (κ2) is 17.7. The number of carboxylic acids is 1. The van der Waals surface area contributed by atoms with E-state index in [9.17, 15) is 29.1 Å². The summed E-state index contributed by atoms with van der Waals surface area (Å²) in [5.41, 5.74) is 0.735. The molecule has 4 amide bonds. The largest absolute Gasteiger partial charge is 0.478 e. The Morgan fingerprint density at radius 3 is 1.82 bits per heavy atom. The number of benzene rings is 2. The van der Waals surface area contributed by atoms with Crippen molar-refractivity contribution in [3.05, 3.63) is 71.8 Å². The quantitative estimate of drug-likeness (QED) is 0.174. The molecule has 2 rings (SSSR count). The highest BCUT2D eigenvalue weighted by atomic mass is 16.6. The molecule has 0 saturated heterocycles. The molecule has 0 fully saturated rings. The van der Waals surface area contributed by atoms with Gasteiger partial charge in [0.1, 0.15) is 23.7 Å². The van der Waals surface area contributed by atoms with Crippen LogP contribution < -0.4 is 21.3 Å². The summed E-state index contributed by atoms with van der Waals surface area (Å²) >= 11 is 0. The van der Waals surface area contributed by atoms with Crippen LogP contribution in [-0.2, 0) is 46.4 Å². The van der Waals surface area contributed by atoms with Crippen molar-refractivity contribution < 1.29 is 43.3 Å². The average Bonchev–Trinajstić information content (AvgIpc) is 2.97. The standard InChI is InChI=1S/C32H44N4O9/c1-20(2)25(28(39)36-29(43-6)30(40)41)35-26(37)23(17-21-13-9-7-10-14-21)33-27(38)24(34-31(42)45-32(3,4)5)19-44-18-22-15-11-8-12-16-22/h7-16,20,23-25,29H,17-19H2,1-6H3,(H,33,38)(H,34,42)(H,35,37)(H,36,39)(H,40,41)/t23-,24-,25-,29?/m0/s1. The average molecular weight is 629 g/mol. The number of rotatable bonds is 16. The van der Waals surface area contributed by atoms with Gasteiger partial charge in [0.2, 0.25) is 23.9 Å². The number of alkyl carbamates (subject to hydrolysis) is 1. The van der Waals surface area contributed by atoms with Crippen LogP contribution in [0.2, 0.25) is 0 Å². The zero-order valence-electron chi connectivity index (χ0n) is 26.5. The molecule has 1 unspecified atom stereocenters. The first-order chi connectivity index (χ1) is 21.2. The van der Waals surface area contributed by atoms with Crippen LogP contribution in [0.15, 0.2) is 60.7 Å². The van der Waals surface area contributed by atoms with E-state index >= 15 is 0 Å². The molecule has 0 radical (unpaired) electrons. The molecule has 2 aromatic rings. The third-order valence-electron chi connectivity index (χ3n) is 6.30. The Morgan fingerprint density at radius 2 is 1.31 bits per heavy atom. The second-order valence-electron chi connectivity index (χ2n) is 11.6. The van der Waals surface area contributed by atoms with E-state index in [0.29, 0.717) is 5.56 Å². The summed E-state index contributed by atoms with van der Waals surface area (Å²) < 4.78 is 15.9. The van der Waals surface area contributed by atoms with Gasteiger partial charge in [-0.2, -0.15) is 0 Å². The number of aliphatic carboxylic acids is 1. The van der Waals surface area contributed by atoms with Gasteiger partial charge in [0.15, 0.2) is 0 Å². The molecular weight excluding hydrogens is 584 g/mol. The maximum absolute atomic E-state index is 13.6. The predicted octanol–water partition coefficient (Wildman–Crippen LogP) is 2.14. The highest BCUT2D eigenvalue weighted by Gasteiger charge is 2.33. The summed E-state index contributed by atoms with van der Waals surface area (Å²) in [5.74, 6) is -4.07. The van der Waals surface area contributed by atoms with Crippen molar-refractivity contribution in [2.24, 2.45) is 5.92 Å². The van der Waals surface area contributed by atoms with Gasteiger partial charge in [0.25, 0.3) is 0 Å². The summed E-state index contributed by atoms with van der Waals surface area (Å²) in [7, 11) is 1.12. The summed E-state index contributed by atoms with van der Waals surface area (Å²) in [6, 6.07) is 14.6. The van der Waals surface area contributed by atoms with E-state index < -0.39 is 65.7 Å². The van der Waals surface area contributed by atoms with E-state index in [1.807, 2.05) is 30.3 Å². The van der Waals surface area contributed by atoms with Gasteiger partial charge in [-0.1, -0.05) is 74.5 Å². The summed E-state index contributed by atoms with van der Waals surface area (Å²) in [4.78, 5) is 64.2. The topological polar surface area (TPSA) is 181 Å². The third kappa shape index (κ3) is 13.4. The number of amides is 4.